The molecule has 0 saturated carbocycles. The molecule has 11 rings (SSSR count). The molecule has 0 amide bonds. The number of pyridine rings is 1. The predicted molar refractivity (Wildman–Crippen MR) is 208 cm³/mol. The molecule has 0 aliphatic heterocycles. The van der Waals surface area contributed by atoms with E-state index in [2.05, 4.69) is 211 Å². The first-order valence-electron chi connectivity index (χ1n) is 17.6. The van der Waals surface area contributed by atoms with Crippen molar-refractivity contribution in [2.45, 2.75) is 10.8 Å². The Kier molecular flexibility index (Phi) is 6.65. The first kappa shape index (κ1) is 29.4. The summed E-state index contributed by atoms with van der Waals surface area (Å²) in [5.41, 5.74) is 13.7. The van der Waals surface area contributed by atoms with Crippen LogP contribution in [0.15, 0.2) is 206 Å². The van der Waals surface area contributed by atoms with Gasteiger partial charge in [-0.25, -0.2) is 4.98 Å². The lowest BCUT2D eigenvalue weighted by Crippen LogP contribution is -2.51. The van der Waals surface area contributed by atoms with Crippen molar-refractivity contribution in [3.8, 4) is 11.3 Å². The topological polar surface area (TPSA) is 16.1 Å². The Bertz CT molecular complexity index is 2440. The molecule has 0 saturated heterocycles. The van der Waals surface area contributed by atoms with Gasteiger partial charge in [-0.05, 0) is 87.0 Å². The number of benzene rings is 7. The van der Waals surface area contributed by atoms with Gasteiger partial charge in [-0.2, -0.15) is 0 Å². The lowest BCUT2D eigenvalue weighted by molar-refractivity contribution is 0.557. The van der Waals surface area contributed by atoms with Gasteiger partial charge in [0.15, 0.2) is 0 Å². The molecule has 3 aliphatic rings. The average molecular weight is 651 g/mol. The molecule has 0 spiro atoms. The van der Waals surface area contributed by atoms with E-state index in [4.69, 9.17) is 4.98 Å². The monoisotopic (exact) mass is 650 g/mol. The van der Waals surface area contributed by atoms with Crippen LogP contribution in [0.2, 0.25) is 0 Å². The molecule has 0 radical (unpaired) electrons. The van der Waals surface area contributed by atoms with Crippen LogP contribution in [0.25, 0.3) is 11.3 Å². The summed E-state index contributed by atoms with van der Waals surface area (Å²) in [5.74, 6) is 0.873. The van der Waals surface area contributed by atoms with Gasteiger partial charge in [0.05, 0.1) is 16.5 Å². The zero-order valence-corrected chi connectivity index (χ0v) is 28.0. The largest absolute Gasteiger partial charge is 0.295 e. The molecule has 1 heterocycles. The van der Waals surface area contributed by atoms with Crippen LogP contribution < -0.4 is 4.90 Å². The molecule has 0 N–H and O–H groups in total. The van der Waals surface area contributed by atoms with Crippen LogP contribution in [0.3, 0.4) is 0 Å². The highest BCUT2D eigenvalue weighted by atomic mass is 15.2. The van der Waals surface area contributed by atoms with Gasteiger partial charge < -0.3 is 0 Å². The maximum absolute atomic E-state index is 5.39. The highest BCUT2D eigenvalue weighted by molar-refractivity contribution is 5.84. The fourth-order valence-electron chi connectivity index (χ4n) is 9.07. The summed E-state index contributed by atoms with van der Waals surface area (Å²) in [4.78, 5) is 7.62. The second-order valence-corrected chi connectivity index (χ2v) is 13.5. The molecule has 7 aromatic carbocycles. The van der Waals surface area contributed by atoms with E-state index in [-0.39, 0.29) is 0 Å². The molecule has 240 valence electrons. The van der Waals surface area contributed by atoms with E-state index in [0.717, 1.165) is 28.5 Å². The maximum atomic E-state index is 5.39. The number of para-hydroxylation sites is 2. The predicted octanol–water partition coefficient (Wildman–Crippen LogP) is 11.6. The van der Waals surface area contributed by atoms with Gasteiger partial charge in [0.1, 0.15) is 5.82 Å². The fourth-order valence-corrected chi connectivity index (χ4v) is 9.07. The summed E-state index contributed by atoms with van der Waals surface area (Å²) in [5, 5.41) is 0. The Hall–Kier alpha value is -6.51. The molecule has 51 heavy (non-hydrogen) atoms. The molecule has 0 atom stereocenters. The first-order chi connectivity index (χ1) is 25.3. The molecule has 2 heteroatoms. The Morgan fingerprint density at radius 2 is 0.745 bits per heavy atom. The van der Waals surface area contributed by atoms with Gasteiger partial charge in [0, 0.05) is 16.9 Å². The standard InChI is InChI=1S/C49H34N2/c1-5-18-36(19-6-1)48-40-26-13-15-28-42(40)49(37-20-7-2-8-21-37,43-29-16-14-27-41(43)48)45-34-35(32-33-44(45)48)46-30-17-31-47(50-46)51(38-22-9-3-10-23-38)39-24-11-4-12-25-39/h1-34H. The van der Waals surface area contributed by atoms with Crippen LogP contribution in [-0.4, -0.2) is 4.98 Å². The van der Waals surface area contributed by atoms with Crippen molar-refractivity contribution in [1.82, 2.24) is 4.98 Å². The fraction of sp³-hybridized carbons (Fsp3) is 0.0408. The smallest absolute Gasteiger partial charge is 0.138 e. The van der Waals surface area contributed by atoms with E-state index in [1.165, 1.54) is 44.5 Å². The summed E-state index contributed by atoms with van der Waals surface area (Å²) < 4.78 is 0. The van der Waals surface area contributed by atoms with Gasteiger partial charge >= 0.3 is 0 Å². The van der Waals surface area contributed by atoms with Gasteiger partial charge in [0.2, 0.25) is 0 Å². The van der Waals surface area contributed by atoms with Crippen LogP contribution in [0.4, 0.5) is 17.2 Å². The molecule has 3 aliphatic carbocycles. The van der Waals surface area contributed by atoms with Crippen LogP contribution >= 0.6 is 0 Å². The normalized spacial score (nSPS) is 18.0. The summed E-state index contributed by atoms with van der Waals surface area (Å²) in [6, 6.07) is 74.9. The van der Waals surface area contributed by atoms with Gasteiger partial charge in [-0.1, -0.05) is 164 Å². The Morgan fingerprint density at radius 1 is 0.333 bits per heavy atom. The third-order valence-corrected chi connectivity index (χ3v) is 11.0. The second kappa shape index (κ2) is 11.5. The van der Waals surface area contributed by atoms with Gasteiger partial charge in [-0.15, -0.1) is 0 Å². The van der Waals surface area contributed by atoms with Crippen LogP contribution in [-0.2, 0) is 10.8 Å². The van der Waals surface area contributed by atoms with Crippen LogP contribution in [0.5, 0.6) is 0 Å². The molecule has 1 aromatic heterocycles. The number of aromatic nitrogens is 1. The maximum Gasteiger partial charge on any atom is 0.138 e. The molecule has 2 bridgehead atoms. The van der Waals surface area contributed by atoms with E-state index >= 15 is 0 Å². The zero-order valence-electron chi connectivity index (χ0n) is 28.0. The summed E-state index contributed by atoms with van der Waals surface area (Å²) >= 11 is 0. The lowest BCUT2D eigenvalue weighted by Gasteiger charge is -2.57. The highest BCUT2D eigenvalue weighted by Gasteiger charge is 2.59. The number of rotatable bonds is 6. The minimum Gasteiger partial charge on any atom is -0.295 e. The van der Waals surface area contributed by atoms with E-state index in [0.29, 0.717) is 0 Å². The molecule has 0 fully saturated rings. The number of anilines is 3. The van der Waals surface area contributed by atoms with Crippen molar-refractivity contribution in [2.24, 2.45) is 0 Å². The van der Waals surface area contributed by atoms with E-state index < -0.39 is 10.8 Å². The van der Waals surface area contributed by atoms with Crippen molar-refractivity contribution in [1.29, 1.82) is 0 Å². The minimum absolute atomic E-state index is 0.467. The van der Waals surface area contributed by atoms with Crippen molar-refractivity contribution in [3.05, 3.63) is 251 Å². The van der Waals surface area contributed by atoms with Crippen LogP contribution in [0, 0.1) is 0 Å². The summed E-state index contributed by atoms with van der Waals surface area (Å²) in [6.07, 6.45) is 0. The zero-order chi connectivity index (χ0) is 33.8. The van der Waals surface area contributed by atoms with Crippen LogP contribution in [0.1, 0.15) is 44.5 Å². The Labute approximate surface area is 299 Å². The molecular weight excluding hydrogens is 617 g/mol. The van der Waals surface area contributed by atoms with Crippen molar-refractivity contribution >= 4 is 17.2 Å². The third-order valence-electron chi connectivity index (χ3n) is 11.0. The van der Waals surface area contributed by atoms with E-state index in [1.54, 1.807) is 0 Å². The molecule has 2 nitrogen and oxygen atoms in total. The Balaban J connectivity index is 1.26. The summed E-state index contributed by atoms with van der Waals surface area (Å²) in [6.45, 7) is 0. The number of hydrogen-bond donors (Lipinski definition) is 0. The van der Waals surface area contributed by atoms with E-state index in [9.17, 15) is 0 Å². The highest BCUT2D eigenvalue weighted by Crippen LogP contribution is 2.66. The minimum atomic E-state index is -0.506. The number of hydrogen-bond acceptors (Lipinski definition) is 2. The Morgan fingerprint density at radius 3 is 1.24 bits per heavy atom. The first-order valence-corrected chi connectivity index (χ1v) is 17.6. The SMILES string of the molecule is c1ccc(N(c2ccccc2)c2cccc(-c3ccc4c(c3)C3(c5ccccc5)c5ccccc5C4(c4ccccc4)c4ccccc43)n2)cc1. The average Bonchev–Trinajstić information content (AvgIpc) is 3.22. The van der Waals surface area contributed by atoms with Crippen molar-refractivity contribution in [3.63, 3.8) is 0 Å². The summed E-state index contributed by atoms with van der Waals surface area (Å²) in [7, 11) is 0. The van der Waals surface area contributed by atoms with Crippen molar-refractivity contribution < 1.29 is 0 Å². The van der Waals surface area contributed by atoms with Gasteiger partial charge in [-0.3, -0.25) is 4.90 Å². The van der Waals surface area contributed by atoms with Crippen molar-refractivity contribution in [2.75, 3.05) is 4.90 Å². The lowest BCUT2D eigenvalue weighted by atomic mass is 9.44. The molecule has 0 unspecified atom stereocenters. The number of nitrogens with zero attached hydrogens (tertiary/aromatic N) is 2. The quantitative estimate of drug-likeness (QED) is 0.178. The van der Waals surface area contributed by atoms with Gasteiger partial charge in [0.25, 0.3) is 0 Å². The molecule has 8 aromatic rings. The van der Waals surface area contributed by atoms with E-state index in [1.807, 2.05) is 0 Å². The second-order valence-electron chi connectivity index (χ2n) is 13.5. The third kappa shape index (κ3) is 4.14. The molecular formula is C49H34N2.